The maximum absolute atomic E-state index is 12.8. The molecule has 1 aromatic rings. The van der Waals surface area contributed by atoms with Crippen LogP contribution in [0.1, 0.15) is 37.8 Å². The lowest BCUT2D eigenvalue weighted by atomic mass is 10.0. The summed E-state index contributed by atoms with van der Waals surface area (Å²) in [4.78, 5) is 0.310. The first-order valence-corrected chi connectivity index (χ1v) is 8.46. The number of aliphatic hydroxyl groups excluding tert-OH is 1. The predicted molar refractivity (Wildman–Crippen MR) is 82.3 cm³/mol. The van der Waals surface area contributed by atoms with Crippen LogP contribution in [-0.2, 0) is 10.0 Å². The van der Waals surface area contributed by atoms with E-state index in [1.165, 1.54) is 0 Å². The first-order valence-electron chi connectivity index (χ1n) is 7.02. The topological polar surface area (TPSA) is 57.6 Å². The third-order valence-electron chi connectivity index (χ3n) is 3.91. The molecule has 1 saturated heterocycles. The summed E-state index contributed by atoms with van der Waals surface area (Å²) in [5.74, 6) is 5.40. The second-order valence-electron chi connectivity index (χ2n) is 5.93. The molecule has 4 nitrogen and oxygen atoms in total. The predicted octanol–water partition coefficient (Wildman–Crippen LogP) is 1.90. The van der Waals surface area contributed by atoms with Crippen molar-refractivity contribution in [2.75, 3.05) is 13.2 Å². The Kier molecular flexibility index (Phi) is 4.43. The Balaban J connectivity index is 2.40. The first kappa shape index (κ1) is 16.0. The van der Waals surface area contributed by atoms with Crippen LogP contribution in [0.25, 0.3) is 0 Å². The Hall–Kier alpha value is -1.35. The second kappa shape index (κ2) is 5.80. The summed E-state index contributed by atoms with van der Waals surface area (Å²) < 4.78 is 27.1. The average molecular weight is 307 g/mol. The van der Waals surface area contributed by atoms with E-state index in [-0.39, 0.29) is 12.1 Å². The number of benzene rings is 1. The number of sulfonamides is 1. The molecule has 114 valence electrons. The highest BCUT2D eigenvalue weighted by Gasteiger charge is 2.40. The highest BCUT2D eigenvalue weighted by molar-refractivity contribution is 7.89. The first-order chi connectivity index (χ1) is 9.79. The number of aliphatic hydroxyl groups is 1. The van der Waals surface area contributed by atoms with E-state index in [4.69, 9.17) is 5.11 Å². The molecule has 21 heavy (non-hydrogen) atoms. The lowest BCUT2D eigenvalue weighted by Gasteiger charge is -2.30. The number of hydrogen-bond donors (Lipinski definition) is 1. The van der Waals surface area contributed by atoms with Gasteiger partial charge in [-0.05, 0) is 57.4 Å². The van der Waals surface area contributed by atoms with Crippen LogP contribution >= 0.6 is 0 Å². The van der Waals surface area contributed by atoms with Gasteiger partial charge in [-0.1, -0.05) is 11.8 Å². The van der Waals surface area contributed by atoms with E-state index in [1.54, 1.807) is 22.5 Å². The van der Waals surface area contributed by atoms with E-state index in [2.05, 4.69) is 11.8 Å². The summed E-state index contributed by atoms with van der Waals surface area (Å²) in [6.07, 6.45) is 1.77. The minimum absolute atomic E-state index is 0.207. The van der Waals surface area contributed by atoms with Crippen LogP contribution in [0.5, 0.6) is 0 Å². The van der Waals surface area contributed by atoms with Crippen LogP contribution in [-0.4, -0.2) is 36.5 Å². The van der Waals surface area contributed by atoms with Gasteiger partial charge in [-0.25, -0.2) is 8.42 Å². The zero-order chi connectivity index (χ0) is 15.7. The van der Waals surface area contributed by atoms with Gasteiger partial charge in [0.1, 0.15) is 6.61 Å². The molecule has 0 aliphatic carbocycles. The molecule has 0 saturated carbocycles. The highest BCUT2D eigenvalue weighted by Crippen LogP contribution is 2.34. The largest absolute Gasteiger partial charge is 0.384 e. The van der Waals surface area contributed by atoms with Gasteiger partial charge in [-0.3, -0.25) is 0 Å². The monoisotopic (exact) mass is 307 g/mol. The molecule has 0 bridgehead atoms. The Morgan fingerprint density at radius 3 is 2.62 bits per heavy atom. The van der Waals surface area contributed by atoms with Gasteiger partial charge in [0.05, 0.1) is 4.90 Å². The van der Waals surface area contributed by atoms with Gasteiger partial charge in [-0.15, -0.1) is 0 Å². The molecule has 2 rings (SSSR count). The molecule has 5 heteroatoms. The highest BCUT2D eigenvalue weighted by atomic mass is 32.2. The summed E-state index contributed by atoms with van der Waals surface area (Å²) in [5.41, 5.74) is 1.21. The molecule has 0 atom stereocenters. The molecular formula is C16H21NO3S. The van der Waals surface area contributed by atoms with Crippen molar-refractivity contribution in [2.45, 2.75) is 44.0 Å². The standard InChI is InChI=1S/C16H21NO3S/c1-13-12-15(8-7-14(13)6-4-11-18)21(19,20)17-10-5-9-16(17,2)3/h7-8,12,18H,5,9-11H2,1-3H3. The fourth-order valence-corrected chi connectivity index (χ4v) is 4.66. The number of rotatable bonds is 2. The van der Waals surface area contributed by atoms with Crippen LogP contribution in [0, 0.1) is 18.8 Å². The van der Waals surface area contributed by atoms with Gasteiger partial charge in [0, 0.05) is 17.6 Å². The van der Waals surface area contributed by atoms with Crippen molar-refractivity contribution >= 4 is 10.0 Å². The summed E-state index contributed by atoms with van der Waals surface area (Å²) in [6, 6.07) is 4.96. The third-order valence-corrected chi connectivity index (χ3v) is 6.02. The number of hydrogen-bond acceptors (Lipinski definition) is 3. The normalized spacial score (nSPS) is 18.3. The van der Waals surface area contributed by atoms with Gasteiger partial charge in [0.25, 0.3) is 0 Å². The fourth-order valence-electron chi connectivity index (χ4n) is 2.73. The fraction of sp³-hybridized carbons (Fsp3) is 0.500. The Morgan fingerprint density at radius 1 is 1.38 bits per heavy atom. The van der Waals surface area contributed by atoms with Crippen LogP contribution in [0.4, 0.5) is 0 Å². The molecule has 0 amide bonds. The molecule has 1 N–H and O–H groups in total. The van der Waals surface area contributed by atoms with Crippen LogP contribution in [0.15, 0.2) is 23.1 Å². The Bertz CT molecular complexity index is 696. The van der Waals surface area contributed by atoms with Crippen LogP contribution in [0.2, 0.25) is 0 Å². The number of nitrogens with zero attached hydrogens (tertiary/aromatic N) is 1. The van der Waals surface area contributed by atoms with Crippen molar-refractivity contribution < 1.29 is 13.5 Å². The molecule has 0 unspecified atom stereocenters. The molecule has 0 aromatic heterocycles. The molecule has 1 aliphatic rings. The molecule has 1 aromatic carbocycles. The van der Waals surface area contributed by atoms with Crippen molar-refractivity contribution in [3.63, 3.8) is 0 Å². The van der Waals surface area contributed by atoms with E-state index < -0.39 is 10.0 Å². The summed E-state index contributed by atoms with van der Waals surface area (Å²) in [6.45, 7) is 6.12. The van der Waals surface area contributed by atoms with Crippen molar-refractivity contribution in [1.29, 1.82) is 0 Å². The second-order valence-corrected chi connectivity index (χ2v) is 7.79. The lowest BCUT2D eigenvalue weighted by molar-refractivity contribution is 0.291. The molecule has 1 fully saturated rings. The van der Waals surface area contributed by atoms with E-state index in [0.717, 1.165) is 24.0 Å². The third kappa shape index (κ3) is 3.13. The van der Waals surface area contributed by atoms with Gasteiger partial charge >= 0.3 is 0 Å². The SMILES string of the molecule is Cc1cc(S(=O)(=O)N2CCCC2(C)C)ccc1C#CCO. The molecule has 1 heterocycles. The quantitative estimate of drug-likeness (QED) is 0.849. The van der Waals surface area contributed by atoms with Gasteiger partial charge in [0.2, 0.25) is 10.0 Å². The van der Waals surface area contributed by atoms with Gasteiger partial charge < -0.3 is 5.11 Å². The van der Waals surface area contributed by atoms with Crippen LogP contribution < -0.4 is 0 Å². The van der Waals surface area contributed by atoms with Crippen molar-refractivity contribution in [3.05, 3.63) is 29.3 Å². The number of aryl methyl sites for hydroxylation is 1. The maximum Gasteiger partial charge on any atom is 0.243 e. The van der Waals surface area contributed by atoms with Crippen molar-refractivity contribution in [3.8, 4) is 11.8 Å². The minimum Gasteiger partial charge on any atom is -0.384 e. The van der Waals surface area contributed by atoms with Crippen molar-refractivity contribution in [1.82, 2.24) is 4.31 Å². The van der Waals surface area contributed by atoms with Crippen LogP contribution in [0.3, 0.4) is 0 Å². The molecule has 1 aliphatic heterocycles. The lowest BCUT2D eigenvalue weighted by Crippen LogP contribution is -2.42. The molecular weight excluding hydrogens is 286 g/mol. The van der Waals surface area contributed by atoms with Gasteiger partial charge in [0.15, 0.2) is 0 Å². The van der Waals surface area contributed by atoms with Crippen molar-refractivity contribution in [2.24, 2.45) is 0 Å². The molecule has 0 radical (unpaired) electrons. The Labute approximate surface area is 126 Å². The van der Waals surface area contributed by atoms with E-state index in [0.29, 0.717) is 11.4 Å². The summed E-state index contributed by atoms with van der Waals surface area (Å²) in [7, 11) is -3.47. The summed E-state index contributed by atoms with van der Waals surface area (Å²) >= 11 is 0. The minimum atomic E-state index is -3.47. The maximum atomic E-state index is 12.8. The van der Waals surface area contributed by atoms with E-state index in [1.807, 2.05) is 20.8 Å². The Morgan fingerprint density at radius 2 is 2.10 bits per heavy atom. The van der Waals surface area contributed by atoms with E-state index >= 15 is 0 Å². The summed E-state index contributed by atoms with van der Waals surface area (Å²) in [5, 5.41) is 8.73. The smallest absolute Gasteiger partial charge is 0.243 e. The van der Waals surface area contributed by atoms with Gasteiger partial charge in [-0.2, -0.15) is 4.31 Å². The molecule has 0 spiro atoms. The zero-order valence-electron chi connectivity index (χ0n) is 12.7. The average Bonchev–Trinajstić information content (AvgIpc) is 2.77. The van der Waals surface area contributed by atoms with E-state index in [9.17, 15) is 8.42 Å². The zero-order valence-corrected chi connectivity index (χ0v) is 13.5.